The number of aromatic nitrogens is 2. The van der Waals surface area contributed by atoms with Gasteiger partial charge in [-0.25, -0.2) is 4.68 Å². The number of para-hydroxylation sites is 1. The zero-order valence-corrected chi connectivity index (χ0v) is 24.2. The largest absolute Gasteiger partial charge is 0.493 e. The molecule has 2 amide bonds. The first-order chi connectivity index (χ1) is 20.3. The molecule has 0 saturated carbocycles. The van der Waals surface area contributed by atoms with Gasteiger partial charge in [0.15, 0.2) is 0 Å². The quantitative estimate of drug-likeness (QED) is 0.177. The van der Waals surface area contributed by atoms with Crippen LogP contribution in [0.5, 0.6) is 5.75 Å². The summed E-state index contributed by atoms with van der Waals surface area (Å²) in [6.07, 6.45) is 4.51. The molecule has 0 radical (unpaired) electrons. The summed E-state index contributed by atoms with van der Waals surface area (Å²) in [5.41, 5.74) is 6.51. The van der Waals surface area contributed by atoms with Gasteiger partial charge in [-0.1, -0.05) is 55.0 Å². The van der Waals surface area contributed by atoms with Gasteiger partial charge in [-0.3, -0.25) is 14.5 Å². The third-order valence-electron chi connectivity index (χ3n) is 7.26. The van der Waals surface area contributed by atoms with Crippen molar-refractivity contribution in [2.24, 2.45) is 0 Å². The van der Waals surface area contributed by atoms with Crippen LogP contribution in [-0.4, -0.2) is 33.1 Å². The van der Waals surface area contributed by atoms with Crippen LogP contribution in [0.3, 0.4) is 0 Å². The van der Waals surface area contributed by atoms with Crippen molar-refractivity contribution in [3.05, 3.63) is 118 Å². The highest BCUT2D eigenvalue weighted by Crippen LogP contribution is 2.33. The molecule has 7 nitrogen and oxygen atoms in total. The van der Waals surface area contributed by atoms with Crippen molar-refractivity contribution in [2.45, 2.75) is 40.7 Å². The van der Waals surface area contributed by atoms with E-state index < -0.39 is 11.8 Å². The highest BCUT2D eigenvalue weighted by molar-refractivity contribution is 6.19. The summed E-state index contributed by atoms with van der Waals surface area (Å²) in [6.45, 7) is 8.38. The van der Waals surface area contributed by atoms with E-state index in [4.69, 9.17) is 9.84 Å². The first kappa shape index (κ1) is 28.3. The summed E-state index contributed by atoms with van der Waals surface area (Å²) in [6, 6.07) is 25.3. The van der Waals surface area contributed by atoms with Crippen LogP contribution >= 0.6 is 0 Å². The SMILES string of the molecule is CCCOc1ccc(-c2nn(-c3ccccc3)cc2/C=C2/C(=O)N(Cc3ccc(C)cc3)C(=O)C(C#N)=C2C)cc1C. The smallest absolute Gasteiger partial charge is 0.271 e. The third-order valence-corrected chi connectivity index (χ3v) is 7.26. The molecule has 2 heterocycles. The van der Waals surface area contributed by atoms with Gasteiger partial charge in [-0.2, -0.15) is 10.4 Å². The number of nitrogens with zero attached hydrogens (tertiary/aromatic N) is 4. The van der Waals surface area contributed by atoms with Crippen LogP contribution in [0.4, 0.5) is 0 Å². The van der Waals surface area contributed by atoms with Gasteiger partial charge in [0.2, 0.25) is 0 Å². The standard InChI is InChI=1S/C35H32N4O3/c1-5-17-42-32-16-15-27(18-24(32)3)33-28(22-39(37-33)29-9-7-6-8-10-29)19-30-25(4)31(20-36)35(41)38(34(30)40)21-26-13-11-23(2)12-14-26/h6-16,18-19,22H,5,17,21H2,1-4H3/b30-19+. The maximum Gasteiger partial charge on any atom is 0.271 e. The van der Waals surface area contributed by atoms with Gasteiger partial charge < -0.3 is 4.74 Å². The second kappa shape index (κ2) is 12.1. The van der Waals surface area contributed by atoms with E-state index in [1.54, 1.807) is 17.7 Å². The predicted octanol–water partition coefficient (Wildman–Crippen LogP) is 6.74. The number of ether oxygens (including phenoxy) is 1. The number of benzene rings is 3. The van der Waals surface area contributed by atoms with Gasteiger partial charge in [0.1, 0.15) is 17.4 Å². The summed E-state index contributed by atoms with van der Waals surface area (Å²) >= 11 is 0. The number of rotatable bonds is 8. The van der Waals surface area contributed by atoms with E-state index in [-0.39, 0.29) is 17.7 Å². The number of amides is 2. The molecular formula is C35H32N4O3. The summed E-state index contributed by atoms with van der Waals surface area (Å²) in [4.78, 5) is 28.2. The Bertz CT molecular complexity index is 1760. The highest BCUT2D eigenvalue weighted by atomic mass is 16.5. The molecule has 0 N–H and O–H groups in total. The first-order valence-electron chi connectivity index (χ1n) is 13.9. The summed E-state index contributed by atoms with van der Waals surface area (Å²) in [5.74, 6) is -0.223. The molecule has 0 saturated heterocycles. The van der Waals surface area contributed by atoms with E-state index in [1.165, 1.54) is 0 Å². The van der Waals surface area contributed by atoms with Crippen molar-refractivity contribution in [2.75, 3.05) is 6.61 Å². The second-order valence-electron chi connectivity index (χ2n) is 10.4. The Morgan fingerprint density at radius 1 is 0.952 bits per heavy atom. The van der Waals surface area contributed by atoms with Gasteiger partial charge in [0.25, 0.3) is 11.8 Å². The van der Waals surface area contributed by atoms with Crippen LogP contribution in [0.1, 0.15) is 42.5 Å². The van der Waals surface area contributed by atoms with Crippen LogP contribution in [0.15, 0.2) is 95.7 Å². The third kappa shape index (κ3) is 5.65. The number of carbonyl (C=O) groups excluding carboxylic acids is 2. The molecule has 1 aliphatic rings. The normalized spacial score (nSPS) is 14.5. The molecular weight excluding hydrogens is 524 g/mol. The van der Waals surface area contributed by atoms with E-state index in [9.17, 15) is 14.9 Å². The number of aryl methyl sites for hydroxylation is 2. The Kier molecular flexibility index (Phi) is 8.16. The molecule has 0 aliphatic carbocycles. The van der Waals surface area contributed by atoms with Crippen molar-refractivity contribution in [1.29, 1.82) is 5.26 Å². The summed E-state index contributed by atoms with van der Waals surface area (Å²) in [7, 11) is 0. The molecule has 0 unspecified atom stereocenters. The molecule has 4 aromatic rings. The minimum absolute atomic E-state index is 0.0433. The van der Waals surface area contributed by atoms with Crippen LogP contribution in [0.2, 0.25) is 0 Å². The lowest BCUT2D eigenvalue weighted by Gasteiger charge is -2.27. The number of hydrogen-bond acceptors (Lipinski definition) is 5. The van der Waals surface area contributed by atoms with E-state index in [1.807, 2.05) is 98.9 Å². The van der Waals surface area contributed by atoms with E-state index in [2.05, 4.69) is 6.92 Å². The van der Waals surface area contributed by atoms with Gasteiger partial charge in [-0.15, -0.1) is 0 Å². The van der Waals surface area contributed by atoms with Crippen molar-refractivity contribution < 1.29 is 14.3 Å². The van der Waals surface area contributed by atoms with Gasteiger partial charge in [0.05, 0.1) is 24.5 Å². The highest BCUT2D eigenvalue weighted by Gasteiger charge is 2.35. The van der Waals surface area contributed by atoms with E-state index in [0.717, 1.165) is 45.0 Å². The Morgan fingerprint density at radius 3 is 2.36 bits per heavy atom. The van der Waals surface area contributed by atoms with Crippen molar-refractivity contribution >= 4 is 17.9 Å². The average Bonchev–Trinajstić information content (AvgIpc) is 3.42. The minimum Gasteiger partial charge on any atom is -0.493 e. The lowest BCUT2D eigenvalue weighted by molar-refractivity contribution is -0.141. The minimum atomic E-state index is -0.587. The number of imide groups is 1. The summed E-state index contributed by atoms with van der Waals surface area (Å²) in [5, 5.41) is 14.8. The molecule has 0 spiro atoms. The lowest BCUT2D eigenvalue weighted by atomic mass is 9.92. The maximum atomic E-state index is 13.9. The molecule has 7 heteroatoms. The van der Waals surface area contributed by atoms with Crippen LogP contribution in [-0.2, 0) is 16.1 Å². The van der Waals surface area contributed by atoms with Gasteiger partial charge in [-0.05, 0) is 80.3 Å². The second-order valence-corrected chi connectivity index (χ2v) is 10.4. The zero-order chi connectivity index (χ0) is 29.8. The molecule has 0 bridgehead atoms. The zero-order valence-electron chi connectivity index (χ0n) is 24.2. The number of carbonyl (C=O) groups is 2. The monoisotopic (exact) mass is 556 g/mol. The number of nitriles is 1. The lowest BCUT2D eigenvalue weighted by Crippen LogP contribution is -2.42. The molecule has 1 aliphatic heterocycles. The fourth-order valence-corrected chi connectivity index (χ4v) is 4.91. The Morgan fingerprint density at radius 2 is 1.69 bits per heavy atom. The van der Waals surface area contributed by atoms with Crippen molar-refractivity contribution in [1.82, 2.24) is 14.7 Å². The molecule has 0 atom stereocenters. The van der Waals surface area contributed by atoms with Crippen LogP contribution in [0, 0.1) is 25.2 Å². The van der Waals surface area contributed by atoms with Crippen molar-refractivity contribution in [3.63, 3.8) is 0 Å². The Labute approximate surface area is 246 Å². The fraction of sp³-hybridized carbons (Fsp3) is 0.200. The Hall–Kier alpha value is -5.22. The number of hydrogen-bond donors (Lipinski definition) is 0. The summed E-state index contributed by atoms with van der Waals surface area (Å²) < 4.78 is 7.65. The van der Waals surface area contributed by atoms with Crippen LogP contribution in [0.25, 0.3) is 23.0 Å². The maximum absolute atomic E-state index is 13.9. The molecule has 3 aromatic carbocycles. The van der Waals surface area contributed by atoms with Crippen LogP contribution < -0.4 is 4.74 Å². The topological polar surface area (TPSA) is 88.2 Å². The van der Waals surface area contributed by atoms with Gasteiger partial charge in [0, 0.05) is 22.9 Å². The molecule has 210 valence electrons. The molecule has 1 aromatic heterocycles. The predicted molar refractivity (Wildman–Crippen MR) is 163 cm³/mol. The van der Waals surface area contributed by atoms with Gasteiger partial charge >= 0.3 is 0 Å². The van der Waals surface area contributed by atoms with Crippen molar-refractivity contribution in [3.8, 4) is 28.8 Å². The Balaban J connectivity index is 1.63. The first-order valence-corrected chi connectivity index (χ1v) is 13.9. The molecule has 5 rings (SSSR count). The van der Waals surface area contributed by atoms with E-state index >= 15 is 0 Å². The molecule has 0 fully saturated rings. The average molecular weight is 557 g/mol. The molecule has 42 heavy (non-hydrogen) atoms. The fourth-order valence-electron chi connectivity index (χ4n) is 4.91. The van der Waals surface area contributed by atoms with E-state index in [0.29, 0.717) is 23.4 Å².